The van der Waals surface area contributed by atoms with Crippen molar-refractivity contribution < 1.29 is 13.2 Å². The number of hydrogen-bond acceptors (Lipinski definition) is 2. The van der Waals surface area contributed by atoms with Gasteiger partial charge in [-0.15, -0.1) is 0 Å². The largest absolute Gasteiger partial charge is 0.449 e. The summed E-state index contributed by atoms with van der Waals surface area (Å²) in [5.74, 6) is -0.765. The van der Waals surface area contributed by atoms with Gasteiger partial charge in [0.15, 0.2) is 0 Å². The van der Waals surface area contributed by atoms with Crippen LogP contribution in [0.5, 0.6) is 0 Å². The van der Waals surface area contributed by atoms with Gasteiger partial charge in [0.1, 0.15) is 0 Å². The first-order valence-corrected chi connectivity index (χ1v) is 4.90. The van der Waals surface area contributed by atoms with E-state index in [0.29, 0.717) is 25.2 Å². The summed E-state index contributed by atoms with van der Waals surface area (Å²) in [6.45, 7) is 3.18. The Labute approximate surface area is 85.3 Å². The zero-order chi connectivity index (χ0) is 11.1. The average Bonchev–Trinajstić information content (AvgIpc) is 2.55. The minimum absolute atomic E-state index is 0.317. The lowest BCUT2D eigenvalue weighted by molar-refractivity contribution is -0.147. The van der Waals surface area contributed by atoms with Gasteiger partial charge in [0.05, 0.1) is 5.69 Å². The molecular formula is C9H12F3N3. The molecule has 1 aliphatic heterocycles. The van der Waals surface area contributed by atoms with Crippen molar-refractivity contribution in [3.05, 3.63) is 17.2 Å². The summed E-state index contributed by atoms with van der Waals surface area (Å²) in [6.07, 6.45) is -3.74. The van der Waals surface area contributed by atoms with E-state index in [-0.39, 0.29) is 0 Å². The van der Waals surface area contributed by atoms with Gasteiger partial charge in [0, 0.05) is 31.7 Å². The van der Waals surface area contributed by atoms with E-state index in [4.69, 9.17) is 0 Å². The third-order valence-corrected chi connectivity index (χ3v) is 2.56. The fourth-order valence-corrected chi connectivity index (χ4v) is 1.93. The number of hydrogen-bond donors (Lipinski definition) is 1. The Bertz CT molecular complexity index is 367. The van der Waals surface area contributed by atoms with E-state index in [1.54, 1.807) is 6.92 Å². The number of imidazole rings is 1. The van der Waals surface area contributed by atoms with Crippen LogP contribution in [0.1, 0.15) is 24.1 Å². The SMILES string of the molecule is CCn1c(C(F)(F)F)nc2c1CCNC2. The standard InChI is InChI=1S/C9H12F3N3/c1-2-15-7-3-4-13-5-6(7)14-8(15)9(10,11)12/h13H,2-5H2,1H3. The molecule has 0 aliphatic carbocycles. The number of rotatable bonds is 1. The molecule has 0 saturated heterocycles. The molecule has 0 atom stereocenters. The summed E-state index contributed by atoms with van der Waals surface area (Å²) in [7, 11) is 0. The van der Waals surface area contributed by atoms with Crippen LogP contribution in [0.15, 0.2) is 0 Å². The molecule has 0 bridgehead atoms. The average molecular weight is 219 g/mol. The number of nitrogens with one attached hydrogen (secondary N) is 1. The van der Waals surface area contributed by atoms with Crippen molar-refractivity contribution in [1.29, 1.82) is 0 Å². The van der Waals surface area contributed by atoms with Gasteiger partial charge < -0.3 is 9.88 Å². The van der Waals surface area contributed by atoms with Crippen LogP contribution in [-0.4, -0.2) is 16.1 Å². The molecule has 2 rings (SSSR count). The number of alkyl halides is 3. The van der Waals surface area contributed by atoms with Gasteiger partial charge in [-0.05, 0) is 6.92 Å². The van der Waals surface area contributed by atoms with Crippen molar-refractivity contribution in [3.8, 4) is 0 Å². The highest BCUT2D eigenvalue weighted by Crippen LogP contribution is 2.31. The van der Waals surface area contributed by atoms with E-state index in [0.717, 1.165) is 12.2 Å². The van der Waals surface area contributed by atoms with Crippen molar-refractivity contribution in [2.24, 2.45) is 0 Å². The lowest BCUT2D eigenvalue weighted by Crippen LogP contribution is -2.25. The summed E-state index contributed by atoms with van der Waals surface area (Å²) < 4.78 is 39.1. The predicted octanol–water partition coefficient (Wildman–Crippen LogP) is 1.57. The summed E-state index contributed by atoms with van der Waals surface area (Å²) in [5, 5.41) is 3.01. The Kier molecular flexibility index (Phi) is 2.46. The Morgan fingerprint density at radius 3 is 2.80 bits per heavy atom. The van der Waals surface area contributed by atoms with Gasteiger partial charge >= 0.3 is 6.18 Å². The van der Waals surface area contributed by atoms with E-state index >= 15 is 0 Å². The van der Waals surface area contributed by atoms with Crippen molar-refractivity contribution in [3.63, 3.8) is 0 Å². The van der Waals surface area contributed by atoms with Gasteiger partial charge in [-0.3, -0.25) is 0 Å². The Balaban J connectivity index is 2.51. The lowest BCUT2D eigenvalue weighted by atomic mass is 10.2. The van der Waals surface area contributed by atoms with Gasteiger partial charge in [0.25, 0.3) is 0 Å². The molecular weight excluding hydrogens is 207 g/mol. The van der Waals surface area contributed by atoms with Gasteiger partial charge in [0.2, 0.25) is 5.82 Å². The summed E-state index contributed by atoms with van der Waals surface area (Å²) in [5.41, 5.74) is 1.26. The van der Waals surface area contributed by atoms with Crippen LogP contribution in [0.2, 0.25) is 0 Å². The Morgan fingerprint density at radius 1 is 1.47 bits per heavy atom. The number of fused-ring (bicyclic) bond motifs is 1. The van der Waals surface area contributed by atoms with Gasteiger partial charge in [-0.25, -0.2) is 4.98 Å². The minimum atomic E-state index is -4.35. The minimum Gasteiger partial charge on any atom is -0.324 e. The first kappa shape index (κ1) is 10.5. The molecule has 3 nitrogen and oxygen atoms in total. The second kappa shape index (κ2) is 3.52. The fraction of sp³-hybridized carbons (Fsp3) is 0.667. The quantitative estimate of drug-likeness (QED) is 0.777. The third-order valence-electron chi connectivity index (χ3n) is 2.56. The molecule has 0 unspecified atom stereocenters. The highest BCUT2D eigenvalue weighted by molar-refractivity contribution is 5.21. The van der Waals surface area contributed by atoms with E-state index in [2.05, 4.69) is 10.3 Å². The molecule has 1 aliphatic rings. The summed E-state index contributed by atoms with van der Waals surface area (Å²) >= 11 is 0. The topological polar surface area (TPSA) is 29.9 Å². The maximum atomic E-state index is 12.6. The molecule has 1 aromatic heterocycles. The fourth-order valence-electron chi connectivity index (χ4n) is 1.93. The van der Waals surface area contributed by atoms with Crippen LogP contribution in [0.4, 0.5) is 13.2 Å². The van der Waals surface area contributed by atoms with Crippen LogP contribution in [0.3, 0.4) is 0 Å². The predicted molar refractivity (Wildman–Crippen MR) is 48.3 cm³/mol. The smallest absolute Gasteiger partial charge is 0.324 e. The summed E-state index contributed by atoms with van der Waals surface area (Å²) in [6, 6.07) is 0. The second-order valence-electron chi connectivity index (χ2n) is 3.50. The molecule has 6 heteroatoms. The van der Waals surface area contributed by atoms with E-state index < -0.39 is 12.0 Å². The van der Waals surface area contributed by atoms with Crippen LogP contribution >= 0.6 is 0 Å². The van der Waals surface area contributed by atoms with Crippen molar-refractivity contribution in [1.82, 2.24) is 14.9 Å². The first-order chi connectivity index (χ1) is 7.04. The van der Waals surface area contributed by atoms with Crippen molar-refractivity contribution in [2.45, 2.75) is 32.6 Å². The van der Waals surface area contributed by atoms with Crippen LogP contribution in [0.25, 0.3) is 0 Å². The molecule has 2 heterocycles. The van der Waals surface area contributed by atoms with Crippen LogP contribution in [0, 0.1) is 0 Å². The molecule has 0 radical (unpaired) electrons. The zero-order valence-corrected chi connectivity index (χ0v) is 8.36. The third kappa shape index (κ3) is 1.73. The van der Waals surface area contributed by atoms with E-state index in [9.17, 15) is 13.2 Å². The number of aromatic nitrogens is 2. The maximum absolute atomic E-state index is 12.6. The van der Waals surface area contributed by atoms with Crippen LogP contribution in [-0.2, 0) is 25.7 Å². The van der Waals surface area contributed by atoms with Crippen molar-refractivity contribution >= 4 is 0 Å². The maximum Gasteiger partial charge on any atom is 0.449 e. The van der Waals surface area contributed by atoms with Crippen LogP contribution < -0.4 is 5.32 Å². The van der Waals surface area contributed by atoms with Gasteiger partial charge in [-0.2, -0.15) is 13.2 Å². The van der Waals surface area contributed by atoms with E-state index in [1.165, 1.54) is 4.57 Å². The normalized spacial score (nSPS) is 16.5. The molecule has 0 spiro atoms. The molecule has 1 N–H and O–H groups in total. The molecule has 15 heavy (non-hydrogen) atoms. The van der Waals surface area contributed by atoms with Gasteiger partial charge in [-0.1, -0.05) is 0 Å². The molecule has 0 amide bonds. The number of halogens is 3. The highest BCUT2D eigenvalue weighted by Gasteiger charge is 2.38. The monoisotopic (exact) mass is 219 g/mol. The molecule has 1 aromatic rings. The number of nitrogens with zero attached hydrogens (tertiary/aromatic N) is 2. The second-order valence-corrected chi connectivity index (χ2v) is 3.50. The molecule has 0 aromatic carbocycles. The Morgan fingerprint density at radius 2 is 2.20 bits per heavy atom. The lowest BCUT2D eigenvalue weighted by Gasteiger charge is -2.15. The van der Waals surface area contributed by atoms with Crippen molar-refractivity contribution in [2.75, 3.05) is 6.54 Å². The first-order valence-electron chi connectivity index (χ1n) is 4.90. The summed E-state index contributed by atoms with van der Waals surface area (Å²) in [4.78, 5) is 3.67. The van der Waals surface area contributed by atoms with E-state index in [1.807, 2.05) is 0 Å². The Hall–Kier alpha value is -1.04. The molecule has 84 valence electrons. The highest BCUT2D eigenvalue weighted by atomic mass is 19.4. The molecule has 0 fully saturated rings. The molecule has 0 saturated carbocycles. The zero-order valence-electron chi connectivity index (χ0n) is 8.36.